The van der Waals surface area contributed by atoms with Gasteiger partial charge in [-0.15, -0.1) is 0 Å². The second-order valence-corrected chi connectivity index (χ2v) is 3.63. The van der Waals surface area contributed by atoms with Crippen LogP contribution in [0.1, 0.15) is 11.4 Å². The van der Waals surface area contributed by atoms with Crippen molar-refractivity contribution in [1.29, 1.82) is 0 Å². The van der Waals surface area contributed by atoms with Gasteiger partial charge in [0.15, 0.2) is 0 Å². The van der Waals surface area contributed by atoms with E-state index in [4.69, 9.17) is 5.11 Å². The van der Waals surface area contributed by atoms with Crippen LogP contribution in [0, 0.1) is 6.92 Å². The summed E-state index contributed by atoms with van der Waals surface area (Å²) in [7, 11) is 0. The van der Waals surface area contributed by atoms with E-state index in [1.165, 1.54) is 0 Å². The third kappa shape index (κ3) is 2.13. The van der Waals surface area contributed by atoms with Crippen molar-refractivity contribution in [1.82, 2.24) is 15.3 Å². The van der Waals surface area contributed by atoms with Crippen LogP contribution in [-0.4, -0.2) is 27.7 Å². The summed E-state index contributed by atoms with van der Waals surface area (Å²) < 4.78 is 0. The second kappa shape index (κ2) is 4.22. The quantitative estimate of drug-likeness (QED) is 0.735. The number of amides is 1. The number of fused-ring (bicyclic) bond motifs is 1. The first-order chi connectivity index (χ1) is 7.66. The molecule has 0 aliphatic heterocycles. The molecule has 0 saturated heterocycles. The standard InChI is InChI=1S/C11H13N3O2/c1-7-3-2-4-8-10(7)14-9(13-8)5-6-12-11(15)16/h2-4,12H,5-6H2,1H3,(H,13,14)(H,15,16). The molecule has 1 aromatic carbocycles. The van der Waals surface area contributed by atoms with Gasteiger partial charge in [-0.05, 0) is 18.6 Å². The Labute approximate surface area is 92.5 Å². The Kier molecular flexibility index (Phi) is 2.76. The highest BCUT2D eigenvalue weighted by Gasteiger charge is 2.04. The van der Waals surface area contributed by atoms with E-state index < -0.39 is 6.09 Å². The Bertz CT molecular complexity index is 519. The Morgan fingerprint density at radius 2 is 2.38 bits per heavy atom. The van der Waals surface area contributed by atoms with Gasteiger partial charge in [0.1, 0.15) is 5.82 Å². The normalized spacial score (nSPS) is 10.6. The number of carboxylic acid groups (broad SMARTS) is 1. The minimum atomic E-state index is -1.01. The third-order valence-electron chi connectivity index (χ3n) is 2.41. The van der Waals surface area contributed by atoms with Gasteiger partial charge in [0.2, 0.25) is 0 Å². The monoisotopic (exact) mass is 219 g/mol. The van der Waals surface area contributed by atoms with Gasteiger partial charge in [-0.2, -0.15) is 0 Å². The van der Waals surface area contributed by atoms with Crippen LogP contribution in [0.3, 0.4) is 0 Å². The zero-order valence-electron chi connectivity index (χ0n) is 8.95. The number of rotatable bonds is 3. The summed E-state index contributed by atoms with van der Waals surface area (Å²) in [5.74, 6) is 0.804. The molecule has 2 aromatic rings. The van der Waals surface area contributed by atoms with Crippen molar-refractivity contribution in [2.24, 2.45) is 0 Å². The van der Waals surface area contributed by atoms with Crippen LogP contribution in [-0.2, 0) is 6.42 Å². The zero-order valence-corrected chi connectivity index (χ0v) is 8.95. The summed E-state index contributed by atoms with van der Waals surface area (Å²) in [5.41, 5.74) is 3.08. The number of hydrogen-bond donors (Lipinski definition) is 3. The van der Waals surface area contributed by atoms with Crippen molar-refractivity contribution in [2.75, 3.05) is 6.54 Å². The Morgan fingerprint density at radius 1 is 1.56 bits per heavy atom. The van der Waals surface area contributed by atoms with Gasteiger partial charge in [-0.3, -0.25) is 0 Å². The van der Waals surface area contributed by atoms with E-state index in [0.29, 0.717) is 13.0 Å². The maximum absolute atomic E-state index is 10.3. The van der Waals surface area contributed by atoms with E-state index in [0.717, 1.165) is 22.4 Å². The molecule has 0 unspecified atom stereocenters. The highest BCUT2D eigenvalue weighted by molar-refractivity contribution is 5.78. The molecule has 84 valence electrons. The summed E-state index contributed by atoms with van der Waals surface area (Å²) in [6, 6.07) is 5.91. The highest BCUT2D eigenvalue weighted by atomic mass is 16.4. The summed E-state index contributed by atoms with van der Waals surface area (Å²) in [5, 5.41) is 10.7. The molecule has 0 saturated carbocycles. The van der Waals surface area contributed by atoms with E-state index in [2.05, 4.69) is 15.3 Å². The minimum absolute atomic E-state index is 0.369. The van der Waals surface area contributed by atoms with E-state index >= 15 is 0 Å². The van der Waals surface area contributed by atoms with E-state index in [-0.39, 0.29) is 0 Å². The number of H-pyrrole nitrogens is 1. The zero-order chi connectivity index (χ0) is 11.5. The van der Waals surface area contributed by atoms with Crippen LogP contribution in [0.5, 0.6) is 0 Å². The van der Waals surface area contributed by atoms with Crippen LogP contribution >= 0.6 is 0 Å². The topological polar surface area (TPSA) is 78.0 Å². The molecule has 0 atom stereocenters. The van der Waals surface area contributed by atoms with E-state index in [1.807, 2.05) is 25.1 Å². The number of aromatic amines is 1. The fourth-order valence-corrected chi connectivity index (χ4v) is 1.63. The molecule has 5 nitrogen and oxygen atoms in total. The molecule has 1 amide bonds. The number of imidazole rings is 1. The SMILES string of the molecule is Cc1cccc2nc(CCNC(=O)O)[nH]c12. The van der Waals surface area contributed by atoms with Crippen molar-refractivity contribution < 1.29 is 9.90 Å². The molecule has 0 radical (unpaired) electrons. The molecule has 1 aromatic heterocycles. The first-order valence-corrected chi connectivity index (χ1v) is 5.08. The first kappa shape index (κ1) is 10.5. The third-order valence-corrected chi connectivity index (χ3v) is 2.41. The number of benzene rings is 1. The fourth-order valence-electron chi connectivity index (χ4n) is 1.63. The van der Waals surface area contributed by atoms with Crippen molar-refractivity contribution in [2.45, 2.75) is 13.3 Å². The number of aromatic nitrogens is 2. The first-order valence-electron chi connectivity index (χ1n) is 5.08. The molecule has 0 aliphatic rings. The summed E-state index contributed by atoms with van der Waals surface area (Å²) in [4.78, 5) is 17.8. The number of aryl methyl sites for hydroxylation is 1. The van der Waals surface area contributed by atoms with Gasteiger partial charge in [-0.25, -0.2) is 9.78 Å². The maximum atomic E-state index is 10.3. The highest BCUT2D eigenvalue weighted by Crippen LogP contribution is 2.15. The summed E-state index contributed by atoms with van der Waals surface area (Å²) in [6.45, 7) is 2.38. The summed E-state index contributed by atoms with van der Waals surface area (Å²) >= 11 is 0. The fraction of sp³-hybridized carbons (Fsp3) is 0.273. The molecule has 2 rings (SSSR count). The number of para-hydroxylation sites is 1. The second-order valence-electron chi connectivity index (χ2n) is 3.63. The summed E-state index contributed by atoms with van der Waals surface area (Å²) in [6.07, 6.45) is -0.437. The maximum Gasteiger partial charge on any atom is 0.404 e. The molecule has 0 bridgehead atoms. The lowest BCUT2D eigenvalue weighted by atomic mass is 10.2. The largest absolute Gasteiger partial charge is 0.465 e. The van der Waals surface area contributed by atoms with Gasteiger partial charge in [0, 0.05) is 13.0 Å². The van der Waals surface area contributed by atoms with Crippen LogP contribution in [0.2, 0.25) is 0 Å². The van der Waals surface area contributed by atoms with Crippen molar-refractivity contribution in [3.05, 3.63) is 29.6 Å². The lowest BCUT2D eigenvalue weighted by molar-refractivity contribution is 0.194. The Hall–Kier alpha value is -2.04. The Morgan fingerprint density at radius 3 is 3.06 bits per heavy atom. The number of nitrogens with zero attached hydrogens (tertiary/aromatic N) is 1. The molecule has 0 aliphatic carbocycles. The molecule has 5 heteroatoms. The van der Waals surface area contributed by atoms with E-state index in [9.17, 15) is 4.79 Å². The molecular weight excluding hydrogens is 206 g/mol. The van der Waals surface area contributed by atoms with Crippen molar-refractivity contribution in [3.8, 4) is 0 Å². The number of carbonyl (C=O) groups is 1. The molecular formula is C11H13N3O2. The lowest BCUT2D eigenvalue weighted by Crippen LogP contribution is -2.23. The Balaban J connectivity index is 2.14. The van der Waals surface area contributed by atoms with Gasteiger partial charge < -0.3 is 15.4 Å². The lowest BCUT2D eigenvalue weighted by Gasteiger charge is -1.96. The van der Waals surface area contributed by atoms with Crippen molar-refractivity contribution in [3.63, 3.8) is 0 Å². The minimum Gasteiger partial charge on any atom is -0.465 e. The average Bonchev–Trinajstić information content (AvgIpc) is 2.61. The number of hydrogen-bond acceptors (Lipinski definition) is 2. The van der Waals surface area contributed by atoms with Crippen LogP contribution in [0.15, 0.2) is 18.2 Å². The average molecular weight is 219 g/mol. The van der Waals surface area contributed by atoms with Gasteiger partial charge in [0.05, 0.1) is 11.0 Å². The predicted octanol–water partition coefficient (Wildman–Crippen LogP) is 1.68. The molecule has 1 heterocycles. The van der Waals surface area contributed by atoms with Crippen molar-refractivity contribution >= 4 is 17.1 Å². The number of nitrogens with one attached hydrogen (secondary N) is 2. The van der Waals surface area contributed by atoms with Crippen LogP contribution in [0.25, 0.3) is 11.0 Å². The molecule has 3 N–H and O–H groups in total. The van der Waals surface area contributed by atoms with E-state index in [1.54, 1.807) is 0 Å². The predicted molar refractivity (Wildman–Crippen MR) is 60.6 cm³/mol. The van der Waals surface area contributed by atoms with Crippen LogP contribution < -0.4 is 5.32 Å². The molecule has 0 fully saturated rings. The van der Waals surface area contributed by atoms with Gasteiger partial charge >= 0.3 is 6.09 Å². The smallest absolute Gasteiger partial charge is 0.404 e. The molecule has 16 heavy (non-hydrogen) atoms. The van der Waals surface area contributed by atoms with Gasteiger partial charge in [0.25, 0.3) is 0 Å². The van der Waals surface area contributed by atoms with Crippen LogP contribution in [0.4, 0.5) is 4.79 Å². The van der Waals surface area contributed by atoms with Gasteiger partial charge in [-0.1, -0.05) is 12.1 Å². The molecule has 0 spiro atoms.